The van der Waals surface area contributed by atoms with Gasteiger partial charge in [0, 0.05) is 22.5 Å². The van der Waals surface area contributed by atoms with E-state index in [1.165, 1.54) is 0 Å². The highest BCUT2D eigenvalue weighted by Crippen LogP contribution is 2.35. The summed E-state index contributed by atoms with van der Waals surface area (Å²) in [4.78, 5) is 9.36. The number of nitrogens with zero attached hydrogens (tertiary/aromatic N) is 3. The average molecular weight is 306 g/mol. The van der Waals surface area contributed by atoms with Gasteiger partial charge in [0.1, 0.15) is 16.1 Å². The molecule has 0 saturated heterocycles. The minimum absolute atomic E-state index is 0.921. The molecule has 3 aromatic heterocycles. The lowest BCUT2D eigenvalue weighted by atomic mass is 10.0. The number of benzene rings is 1. The molecule has 0 radical (unpaired) electrons. The Morgan fingerprint density at radius 2 is 1.82 bits per heavy atom. The summed E-state index contributed by atoms with van der Waals surface area (Å²) in [6.45, 7) is 2.00. The van der Waals surface area contributed by atoms with Crippen LogP contribution in [-0.4, -0.2) is 26.4 Å². The van der Waals surface area contributed by atoms with Crippen LogP contribution in [0.15, 0.2) is 47.6 Å². The van der Waals surface area contributed by atoms with Crippen LogP contribution in [0.1, 0.15) is 5.69 Å². The SMILES string of the molecule is CSc1ncccc1-c1nc2c(C)[nH]nc2c2ccccc12. The van der Waals surface area contributed by atoms with Gasteiger partial charge in [-0.1, -0.05) is 24.3 Å². The van der Waals surface area contributed by atoms with Crippen LogP contribution in [0.2, 0.25) is 0 Å². The highest BCUT2D eigenvalue weighted by Gasteiger charge is 2.15. The van der Waals surface area contributed by atoms with E-state index in [0.717, 1.165) is 43.8 Å². The second kappa shape index (κ2) is 5.10. The maximum Gasteiger partial charge on any atom is 0.119 e. The van der Waals surface area contributed by atoms with Gasteiger partial charge in [-0.25, -0.2) is 9.97 Å². The summed E-state index contributed by atoms with van der Waals surface area (Å²) < 4.78 is 0. The van der Waals surface area contributed by atoms with Gasteiger partial charge in [0.25, 0.3) is 0 Å². The molecule has 0 unspecified atom stereocenters. The van der Waals surface area contributed by atoms with Crippen molar-refractivity contribution in [3.63, 3.8) is 0 Å². The van der Waals surface area contributed by atoms with Gasteiger partial charge in [-0.3, -0.25) is 5.10 Å². The second-order valence-electron chi connectivity index (χ2n) is 5.11. The van der Waals surface area contributed by atoms with Gasteiger partial charge in [-0.05, 0) is 25.3 Å². The molecule has 5 heteroatoms. The Morgan fingerprint density at radius 1 is 1.00 bits per heavy atom. The lowest BCUT2D eigenvalue weighted by molar-refractivity contribution is 1.07. The Morgan fingerprint density at radius 3 is 2.64 bits per heavy atom. The number of thioether (sulfide) groups is 1. The number of fused-ring (bicyclic) bond motifs is 3. The topological polar surface area (TPSA) is 54.5 Å². The monoisotopic (exact) mass is 306 g/mol. The summed E-state index contributed by atoms with van der Waals surface area (Å²) in [6, 6.07) is 12.3. The fourth-order valence-corrected chi connectivity index (χ4v) is 3.31. The Balaban J connectivity index is 2.17. The van der Waals surface area contributed by atoms with Crippen molar-refractivity contribution in [1.29, 1.82) is 0 Å². The van der Waals surface area contributed by atoms with Gasteiger partial charge in [-0.2, -0.15) is 5.10 Å². The van der Waals surface area contributed by atoms with Crippen molar-refractivity contribution < 1.29 is 0 Å². The van der Waals surface area contributed by atoms with Crippen molar-refractivity contribution in [3.05, 3.63) is 48.3 Å². The van der Waals surface area contributed by atoms with E-state index in [4.69, 9.17) is 4.98 Å². The molecule has 0 saturated carbocycles. The van der Waals surface area contributed by atoms with Crippen LogP contribution >= 0.6 is 11.8 Å². The molecule has 108 valence electrons. The minimum Gasteiger partial charge on any atom is -0.280 e. The summed E-state index contributed by atoms with van der Waals surface area (Å²) in [5, 5.41) is 10.7. The first-order valence-electron chi connectivity index (χ1n) is 7.02. The number of aromatic nitrogens is 4. The predicted molar refractivity (Wildman–Crippen MR) is 91.1 cm³/mol. The quantitative estimate of drug-likeness (QED) is 0.564. The maximum atomic E-state index is 4.89. The van der Waals surface area contributed by atoms with E-state index in [0.29, 0.717) is 0 Å². The van der Waals surface area contributed by atoms with Gasteiger partial charge in [-0.15, -0.1) is 11.8 Å². The van der Waals surface area contributed by atoms with Gasteiger partial charge in [0.15, 0.2) is 0 Å². The molecule has 4 rings (SSSR count). The van der Waals surface area contributed by atoms with E-state index in [1.807, 2.05) is 37.6 Å². The van der Waals surface area contributed by atoms with Crippen molar-refractivity contribution in [1.82, 2.24) is 20.2 Å². The largest absolute Gasteiger partial charge is 0.280 e. The van der Waals surface area contributed by atoms with E-state index in [2.05, 4.69) is 33.4 Å². The molecular formula is C17H14N4S. The maximum absolute atomic E-state index is 4.89. The van der Waals surface area contributed by atoms with Crippen molar-refractivity contribution >= 4 is 33.6 Å². The van der Waals surface area contributed by atoms with Crippen molar-refractivity contribution in [2.75, 3.05) is 6.26 Å². The van der Waals surface area contributed by atoms with Gasteiger partial charge < -0.3 is 0 Å². The highest BCUT2D eigenvalue weighted by molar-refractivity contribution is 7.98. The van der Waals surface area contributed by atoms with Crippen molar-refractivity contribution in [2.24, 2.45) is 0 Å². The number of H-pyrrole nitrogens is 1. The molecule has 1 N–H and O–H groups in total. The van der Waals surface area contributed by atoms with Gasteiger partial charge >= 0.3 is 0 Å². The van der Waals surface area contributed by atoms with Crippen LogP contribution in [0, 0.1) is 6.92 Å². The molecule has 0 atom stereocenters. The Kier molecular flexibility index (Phi) is 3.08. The number of pyridine rings is 2. The van der Waals surface area contributed by atoms with Crippen LogP contribution in [0.4, 0.5) is 0 Å². The molecule has 4 nitrogen and oxygen atoms in total. The number of nitrogens with one attached hydrogen (secondary N) is 1. The second-order valence-corrected chi connectivity index (χ2v) is 5.91. The normalized spacial score (nSPS) is 11.4. The third kappa shape index (κ3) is 1.89. The first-order chi connectivity index (χ1) is 10.8. The Hall–Kier alpha value is -2.40. The summed E-state index contributed by atoms with van der Waals surface area (Å²) in [6.07, 6.45) is 3.86. The molecule has 1 aromatic carbocycles. The van der Waals surface area contributed by atoms with Crippen LogP contribution < -0.4 is 0 Å². The third-order valence-corrected chi connectivity index (χ3v) is 4.51. The number of aromatic amines is 1. The van der Waals surface area contributed by atoms with Crippen LogP contribution in [0.3, 0.4) is 0 Å². The summed E-state index contributed by atoms with van der Waals surface area (Å²) in [5.41, 5.74) is 4.85. The van der Waals surface area contributed by atoms with E-state index in [1.54, 1.807) is 11.8 Å². The highest BCUT2D eigenvalue weighted by atomic mass is 32.2. The lowest BCUT2D eigenvalue weighted by Crippen LogP contribution is -1.92. The van der Waals surface area contributed by atoms with Crippen LogP contribution in [0.5, 0.6) is 0 Å². The number of hydrogen-bond donors (Lipinski definition) is 1. The zero-order valence-electron chi connectivity index (χ0n) is 12.3. The van der Waals surface area contributed by atoms with E-state index < -0.39 is 0 Å². The molecule has 0 aliphatic heterocycles. The number of hydrogen-bond acceptors (Lipinski definition) is 4. The first kappa shape index (κ1) is 13.3. The van der Waals surface area contributed by atoms with E-state index in [9.17, 15) is 0 Å². The fraction of sp³-hybridized carbons (Fsp3) is 0.118. The molecule has 0 aliphatic rings. The number of aryl methyl sites for hydroxylation is 1. The first-order valence-corrected chi connectivity index (χ1v) is 8.25. The molecule has 0 aliphatic carbocycles. The average Bonchev–Trinajstić information content (AvgIpc) is 2.95. The summed E-state index contributed by atoms with van der Waals surface area (Å²) >= 11 is 1.64. The predicted octanol–water partition coefficient (Wildman–Crippen LogP) is 4.20. The molecule has 0 amide bonds. The lowest BCUT2D eigenvalue weighted by Gasteiger charge is -2.09. The molecule has 22 heavy (non-hydrogen) atoms. The Labute approximate surface area is 132 Å². The Bertz CT molecular complexity index is 990. The van der Waals surface area contributed by atoms with E-state index >= 15 is 0 Å². The molecule has 0 bridgehead atoms. The minimum atomic E-state index is 0.921. The smallest absolute Gasteiger partial charge is 0.119 e. The fourth-order valence-electron chi connectivity index (χ4n) is 2.75. The molecule has 0 fully saturated rings. The van der Waals surface area contributed by atoms with Gasteiger partial charge in [0.05, 0.1) is 11.4 Å². The molecule has 3 heterocycles. The standard InChI is InChI=1S/C17H14N4S/c1-10-14-16(21-20-10)12-7-4-3-6-11(12)15(19-14)13-8-5-9-18-17(13)22-2/h3-9H,1-2H3,(H,20,21). The zero-order valence-corrected chi connectivity index (χ0v) is 13.1. The van der Waals surface area contributed by atoms with Crippen LogP contribution in [-0.2, 0) is 0 Å². The molecule has 0 spiro atoms. The third-order valence-electron chi connectivity index (χ3n) is 3.80. The van der Waals surface area contributed by atoms with Crippen molar-refractivity contribution in [2.45, 2.75) is 11.9 Å². The zero-order chi connectivity index (χ0) is 15.1. The number of rotatable bonds is 2. The van der Waals surface area contributed by atoms with E-state index in [-0.39, 0.29) is 0 Å². The molecule has 4 aromatic rings. The summed E-state index contributed by atoms with van der Waals surface area (Å²) in [5.74, 6) is 0. The van der Waals surface area contributed by atoms with Gasteiger partial charge in [0.2, 0.25) is 0 Å². The summed E-state index contributed by atoms with van der Waals surface area (Å²) in [7, 11) is 0. The van der Waals surface area contributed by atoms with Crippen molar-refractivity contribution in [3.8, 4) is 11.3 Å². The molecular weight excluding hydrogens is 292 g/mol. The van der Waals surface area contributed by atoms with Crippen LogP contribution in [0.25, 0.3) is 33.1 Å².